The van der Waals surface area contributed by atoms with E-state index in [-0.39, 0.29) is 53.5 Å². The molecule has 3 heterocycles. The number of aromatic nitrogens is 6. The van der Waals surface area contributed by atoms with Gasteiger partial charge < -0.3 is 46.1 Å². The number of Topliss-reactive ketones (excluding diaryl/α,β-unsaturated/α-hetero) is 4. The van der Waals surface area contributed by atoms with Crippen molar-refractivity contribution in [2.24, 2.45) is 7.05 Å². The Labute approximate surface area is 633 Å². The monoisotopic (exact) mass is 1460 g/mol. The number of hydrogen-bond acceptors (Lipinski definition) is 14. The third-order valence-corrected chi connectivity index (χ3v) is 18.9. The van der Waals surface area contributed by atoms with E-state index >= 15 is 0 Å². The first-order chi connectivity index (χ1) is 51.0. The standard InChI is InChI=1S/C34H32N4O2.C21H26N2O2.C20H23N3O.C13H17NO3.ClH/c1-5-10-31-36-32-22(2)19-25(33-35-28-13-8-9-14-29(28)37(33)3)20-30(32)38(31)21-23-15-17-24(18-16-23)26-11-6-7-12-27(26)34(39)40-4;1-4-7-17(24)13-18-14(2)10-16(11-19(18)22)21(25)12-15-8-5-6-9-20(15)23-3;1-4-7-19-22-17-11-15(10-13(2)20(17)23-19)18(24)12-14-8-5-6-9-16(14)21-3;1-3-4-10(15)7-11-8(2)5-9(13(16)17)6-12(11)14;/h6-9,11-20H,5,10,21H2,1-4H3;5-6,8-11,23H,4,7,12-13,22H2,1-3H3;5-6,8-11,21H,4,7,12H2,1-3H3,(H,22,23);5-6H,3-4,7,14H2,1-2H3,(H,16,17);1H. The Kier molecular flexibility index (Phi) is 28.8. The highest BCUT2D eigenvalue weighted by atomic mass is 35.5. The molecule has 0 radical (unpaired) electrons. The van der Waals surface area contributed by atoms with E-state index in [1.165, 1.54) is 18.7 Å². The number of ether oxygens (including phenoxy) is 1. The summed E-state index contributed by atoms with van der Waals surface area (Å²) in [6.45, 7) is 16.8. The summed E-state index contributed by atoms with van der Waals surface area (Å²) in [7, 11) is 7.20. The van der Waals surface area contributed by atoms with Crippen molar-refractivity contribution in [3.05, 3.63) is 254 Å². The molecule has 0 spiro atoms. The fourth-order valence-corrected chi connectivity index (χ4v) is 13.4. The molecule has 0 unspecified atom stereocenters. The van der Waals surface area contributed by atoms with E-state index in [1.54, 1.807) is 25.1 Å². The third kappa shape index (κ3) is 20.1. The molecule has 107 heavy (non-hydrogen) atoms. The lowest BCUT2D eigenvalue weighted by Crippen LogP contribution is -2.11. The number of nitrogen functional groups attached to an aromatic ring is 2. The molecule has 3 aromatic heterocycles. The molecular formula is C88H99ClN10O8. The van der Waals surface area contributed by atoms with Crippen LogP contribution in [0.2, 0.25) is 0 Å². The van der Waals surface area contributed by atoms with Gasteiger partial charge in [-0.1, -0.05) is 119 Å². The molecule has 9 aromatic carbocycles. The zero-order valence-electron chi connectivity index (χ0n) is 63.5. The quantitative estimate of drug-likeness (QED) is 0.0167. The van der Waals surface area contributed by atoms with Gasteiger partial charge in [-0.2, -0.15) is 0 Å². The number of carbonyl (C=O) groups excluding carboxylic acids is 5. The van der Waals surface area contributed by atoms with Crippen LogP contribution in [0.1, 0.15) is 169 Å². The molecule has 0 amide bonds. The molecule has 12 rings (SSSR count). The van der Waals surface area contributed by atoms with E-state index < -0.39 is 5.97 Å². The van der Waals surface area contributed by atoms with Gasteiger partial charge in [-0.15, -0.1) is 12.4 Å². The van der Waals surface area contributed by atoms with E-state index in [1.807, 2.05) is 139 Å². The molecule has 556 valence electrons. The first-order valence-electron chi connectivity index (χ1n) is 36.3. The predicted octanol–water partition coefficient (Wildman–Crippen LogP) is 18.2. The molecule has 8 N–H and O–H groups in total. The van der Waals surface area contributed by atoms with Crippen molar-refractivity contribution in [3.8, 4) is 22.5 Å². The zero-order chi connectivity index (χ0) is 76.3. The van der Waals surface area contributed by atoms with E-state index in [9.17, 15) is 28.8 Å². The number of carbonyl (C=O) groups is 6. The highest BCUT2D eigenvalue weighted by Crippen LogP contribution is 2.33. The Morgan fingerprint density at radius 1 is 0.533 bits per heavy atom. The number of imidazole rings is 3. The molecular weight excluding hydrogens is 1360 g/mol. The fraction of sp³-hybridized carbons (Fsp3) is 0.284. The van der Waals surface area contributed by atoms with E-state index in [2.05, 4.69) is 106 Å². The van der Waals surface area contributed by atoms with Gasteiger partial charge in [0.05, 0.1) is 51.3 Å². The van der Waals surface area contributed by atoms with E-state index in [0.29, 0.717) is 61.2 Å². The number of H-pyrrole nitrogens is 1. The normalized spacial score (nSPS) is 10.8. The first kappa shape index (κ1) is 81.2. The van der Waals surface area contributed by atoms with Crippen molar-refractivity contribution in [3.63, 3.8) is 0 Å². The number of hydrogen-bond donors (Lipinski definition) is 6. The maximum absolute atomic E-state index is 12.7. The van der Waals surface area contributed by atoms with Crippen LogP contribution in [0.15, 0.2) is 170 Å². The molecule has 0 fully saturated rings. The lowest BCUT2D eigenvalue weighted by Gasteiger charge is -2.13. The third-order valence-electron chi connectivity index (χ3n) is 18.9. The van der Waals surface area contributed by atoms with Gasteiger partial charge in [-0.05, 0) is 193 Å². The highest BCUT2D eigenvalue weighted by Gasteiger charge is 2.21. The number of esters is 1. The molecule has 18 nitrogen and oxygen atoms in total. The molecule has 0 bridgehead atoms. The molecule has 12 aromatic rings. The van der Waals surface area contributed by atoms with E-state index in [0.717, 1.165) is 167 Å². The number of methoxy groups -OCH3 is 1. The van der Waals surface area contributed by atoms with Crippen molar-refractivity contribution >= 4 is 103 Å². The number of aromatic carboxylic acids is 1. The lowest BCUT2D eigenvalue weighted by molar-refractivity contribution is -0.119. The summed E-state index contributed by atoms with van der Waals surface area (Å²) in [5.74, 6) is 2.13. The summed E-state index contributed by atoms with van der Waals surface area (Å²) < 4.78 is 9.49. The molecule has 0 aliphatic rings. The minimum atomic E-state index is -1.01. The van der Waals surface area contributed by atoms with Crippen molar-refractivity contribution in [1.29, 1.82) is 0 Å². The van der Waals surface area contributed by atoms with Crippen LogP contribution in [-0.2, 0) is 66.4 Å². The van der Waals surface area contributed by atoms with Gasteiger partial charge in [-0.25, -0.2) is 24.5 Å². The number of anilines is 4. The van der Waals surface area contributed by atoms with Crippen molar-refractivity contribution in [2.45, 2.75) is 139 Å². The van der Waals surface area contributed by atoms with Gasteiger partial charge in [0, 0.05) is 118 Å². The minimum Gasteiger partial charge on any atom is -0.478 e. The average molecular weight is 1460 g/mol. The predicted molar refractivity (Wildman–Crippen MR) is 436 cm³/mol. The van der Waals surface area contributed by atoms with Crippen LogP contribution < -0.4 is 22.1 Å². The highest BCUT2D eigenvalue weighted by molar-refractivity contribution is 6.02. The smallest absolute Gasteiger partial charge is 0.338 e. The molecule has 0 atom stereocenters. The van der Waals surface area contributed by atoms with Crippen LogP contribution in [-0.4, -0.2) is 90.5 Å². The number of aryl methyl sites for hydroxylation is 7. The van der Waals surface area contributed by atoms with Gasteiger partial charge in [0.25, 0.3) is 0 Å². The van der Waals surface area contributed by atoms with Crippen molar-refractivity contribution in [2.75, 3.05) is 43.3 Å². The zero-order valence-corrected chi connectivity index (χ0v) is 64.3. The first-order valence-corrected chi connectivity index (χ1v) is 36.3. The van der Waals surface area contributed by atoms with Gasteiger partial charge in [0.1, 0.15) is 29.0 Å². The Hall–Kier alpha value is -11.5. The maximum atomic E-state index is 12.7. The van der Waals surface area contributed by atoms with Gasteiger partial charge in [-0.3, -0.25) is 19.2 Å². The maximum Gasteiger partial charge on any atom is 0.338 e. The molecule has 0 aliphatic carbocycles. The SMILES string of the molecule is CCCC(=O)Cc1c(C)cc(C(=O)Cc2ccccc2NC)cc1N.CCCC(=O)Cc1c(C)cc(C(=O)O)cc1N.CCCc1nc2c(C)cc(-c3nc4ccccc4n3C)cc2n1Cc1ccc(-c2ccccc2C(=O)OC)cc1.CCCc1nc2c(C)cc(C(=O)Cc3ccccc3NC)cc2[nH]1.Cl. The summed E-state index contributed by atoms with van der Waals surface area (Å²) >= 11 is 0. The number of halogens is 1. The number of benzene rings is 9. The van der Waals surface area contributed by atoms with Crippen molar-refractivity contribution in [1.82, 2.24) is 29.1 Å². The minimum absolute atomic E-state index is 0. The number of nitrogens with two attached hydrogens (primary N) is 2. The molecule has 0 saturated carbocycles. The number of carboxylic acids is 1. The Morgan fingerprint density at radius 2 is 1.06 bits per heavy atom. The van der Waals surface area contributed by atoms with E-state index in [4.69, 9.17) is 31.3 Å². The fourth-order valence-electron chi connectivity index (χ4n) is 13.4. The Bertz CT molecular complexity index is 5140. The number of nitrogens with one attached hydrogen (secondary N) is 3. The number of aromatic amines is 1. The topological polar surface area (TPSA) is 272 Å². The Morgan fingerprint density at radius 3 is 1.61 bits per heavy atom. The largest absolute Gasteiger partial charge is 0.478 e. The molecule has 0 saturated heterocycles. The summed E-state index contributed by atoms with van der Waals surface area (Å²) in [5, 5.41) is 15.1. The Balaban J connectivity index is 0.000000189. The van der Waals surface area contributed by atoms with Crippen LogP contribution in [0.4, 0.5) is 22.7 Å². The van der Waals surface area contributed by atoms with Gasteiger partial charge in [0.2, 0.25) is 0 Å². The average Bonchev–Trinajstić information content (AvgIpc) is 1.61. The van der Waals surface area contributed by atoms with Crippen LogP contribution in [0.5, 0.6) is 0 Å². The summed E-state index contributed by atoms with van der Waals surface area (Å²) in [6, 6.07) is 54.7. The molecule has 19 heteroatoms. The number of carboxylic acid groups (broad SMARTS) is 1. The van der Waals surface area contributed by atoms with Crippen LogP contribution in [0.3, 0.4) is 0 Å². The van der Waals surface area contributed by atoms with Crippen LogP contribution >= 0.6 is 12.4 Å². The number of fused-ring (bicyclic) bond motifs is 3. The number of nitrogens with zero attached hydrogens (tertiary/aromatic N) is 5. The van der Waals surface area contributed by atoms with Gasteiger partial charge in [0.15, 0.2) is 11.6 Å². The lowest BCUT2D eigenvalue weighted by atomic mass is 9.94. The van der Waals surface area contributed by atoms with Crippen molar-refractivity contribution < 1.29 is 38.6 Å². The summed E-state index contributed by atoms with van der Waals surface area (Å²) in [5.41, 5.74) is 34.5. The second-order valence-corrected chi connectivity index (χ2v) is 26.8. The number of para-hydroxylation sites is 4. The second kappa shape index (κ2) is 38.0. The number of ketones is 4. The van der Waals surface area contributed by atoms with Crippen LogP contribution in [0.25, 0.3) is 55.6 Å². The summed E-state index contributed by atoms with van der Waals surface area (Å²) in [4.78, 5) is 90.0. The van der Waals surface area contributed by atoms with Crippen LogP contribution in [0, 0.1) is 27.7 Å². The summed E-state index contributed by atoms with van der Waals surface area (Å²) in [6.07, 6.45) is 7.93. The molecule has 0 aliphatic heterocycles. The number of rotatable bonds is 26. The van der Waals surface area contributed by atoms with Gasteiger partial charge >= 0.3 is 11.9 Å². The second-order valence-electron chi connectivity index (χ2n) is 26.8.